The van der Waals surface area contributed by atoms with Crippen molar-refractivity contribution < 1.29 is 8.42 Å². The van der Waals surface area contributed by atoms with Crippen LogP contribution < -0.4 is 0 Å². The van der Waals surface area contributed by atoms with Crippen molar-refractivity contribution in [3.05, 3.63) is 78.0 Å². The molecule has 0 spiro atoms. The Morgan fingerprint density at radius 2 is 1.76 bits per heavy atom. The number of aryl methyl sites for hydroxylation is 1. The predicted octanol–water partition coefficient (Wildman–Crippen LogP) is 5.46. The molecule has 0 aliphatic carbocycles. The Morgan fingerprint density at radius 1 is 0.966 bits per heavy atom. The zero-order valence-corrected chi connectivity index (χ0v) is 17.2. The number of nitrogens with zero attached hydrogens (tertiary/aromatic N) is 2. The Kier molecular flexibility index (Phi) is 5.31. The summed E-state index contributed by atoms with van der Waals surface area (Å²) in [7, 11) is -3.81. The molecule has 1 aromatic heterocycles. The first-order valence-electron chi connectivity index (χ1n) is 9.39. The van der Waals surface area contributed by atoms with E-state index < -0.39 is 10.0 Å². The van der Waals surface area contributed by atoms with E-state index in [1.165, 1.54) is 3.97 Å². The Hall–Kier alpha value is -2.81. The summed E-state index contributed by atoms with van der Waals surface area (Å²) in [6, 6.07) is 20.0. The van der Waals surface area contributed by atoms with Gasteiger partial charge in [-0.15, -0.1) is 11.6 Å². The van der Waals surface area contributed by atoms with Crippen LogP contribution in [0.4, 0.5) is 0 Å². The molecule has 3 aromatic carbocycles. The highest BCUT2D eigenvalue weighted by atomic mass is 35.5. The number of rotatable bonds is 6. The molecule has 0 saturated heterocycles. The van der Waals surface area contributed by atoms with Crippen LogP contribution in [0.5, 0.6) is 0 Å². The quantitative estimate of drug-likeness (QED) is 0.306. The maximum atomic E-state index is 13.6. The minimum Gasteiger partial charge on any atom is -0.241 e. The van der Waals surface area contributed by atoms with Crippen molar-refractivity contribution in [3.63, 3.8) is 0 Å². The largest absolute Gasteiger partial charge is 0.268 e. The summed E-state index contributed by atoms with van der Waals surface area (Å²) in [5.41, 5.74) is 2.00. The number of alkyl halides is 1. The predicted molar refractivity (Wildman–Crippen MR) is 117 cm³/mol. The van der Waals surface area contributed by atoms with Gasteiger partial charge in [-0.1, -0.05) is 36.4 Å². The van der Waals surface area contributed by atoms with Crippen LogP contribution in [-0.4, -0.2) is 18.3 Å². The molecule has 0 radical (unpaired) electrons. The number of hydrogen-bond donors (Lipinski definition) is 0. The van der Waals surface area contributed by atoms with Gasteiger partial charge in [-0.2, -0.15) is 5.26 Å². The lowest BCUT2D eigenvalue weighted by Crippen LogP contribution is -2.12. The maximum absolute atomic E-state index is 13.6. The van der Waals surface area contributed by atoms with E-state index in [2.05, 4.69) is 6.07 Å². The second-order valence-electron chi connectivity index (χ2n) is 6.92. The Bertz CT molecular complexity index is 1350. The van der Waals surface area contributed by atoms with Gasteiger partial charge < -0.3 is 0 Å². The van der Waals surface area contributed by atoms with E-state index in [-0.39, 0.29) is 4.90 Å². The second kappa shape index (κ2) is 7.90. The van der Waals surface area contributed by atoms with Gasteiger partial charge in [-0.05, 0) is 54.5 Å². The first kappa shape index (κ1) is 19.5. The van der Waals surface area contributed by atoms with Crippen LogP contribution in [0.15, 0.2) is 71.8 Å². The van der Waals surface area contributed by atoms with E-state index in [0.717, 1.165) is 29.2 Å². The molecular weight excluding hydrogens is 404 g/mol. The first-order valence-corrected chi connectivity index (χ1v) is 11.4. The highest BCUT2D eigenvalue weighted by Gasteiger charge is 2.23. The summed E-state index contributed by atoms with van der Waals surface area (Å²) in [5, 5.41) is 11.6. The zero-order valence-electron chi connectivity index (χ0n) is 15.7. The molecule has 0 aliphatic rings. The van der Waals surface area contributed by atoms with Crippen LogP contribution in [0.2, 0.25) is 0 Å². The van der Waals surface area contributed by atoms with Gasteiger partial charge in [0.2, 0.25) is 0 Å². The van der Waals surface area contributed by atoms with E-state index in [1.54, 1.807) is 36.5 Å². The highest BCUT2D eigenvalue weighted by Crippen LogP contribution is 2.31. The zero-order chi connectivity index (χ0) is 20.4. The van der Waals surface area contributed by atoms with Crippen LogP contribution in [-0.2, 0) is 16.4 Å². The second-order valence-corrected chi connectivity index (χ2v) is 9.08. The van der Waals surface area contributed by atoms with Crippen molar-refractivity contribution in [2.45, 2.75) is 24.2 Å². The SMILES string of the molecule is N#Cc1ccc2c(c1)c(CCCCCl)cn2S(=O)(=O)c1cccc2ccccc12. The Morgan fingerprint density at radius 3 is 2.55 bits per heavy atom. The van der Waals surface area contributed by atoms with E-state index >= 15 is 0 Å². The fourth-order valence-electron chi connectivity index (χ4n) is 3.67. The molecule has 0 aliphatic heterocycles. The summed E-state index contributed by atoms with van der Waals surface area (Å²) < 4.78 is 28.6. The minimum atomic E-state index is -3.81. The van der Waals surface area contributed by atoms with Crippen LogP contribution >= 0.6 is 11.6 Å². The van der Waals surface area contributed by atoms with Gasteiger partial charge in [0.05, 0.1) is 22.0 Å². The maximum Gasteiger partial charge on any atom is 0.268 e. The number of aromatic nitrogens is 1. The van der Waals surface area contributed by atoms with Gasteiger partial charge in [0.15, 0.2) is 0 Å². The molecule has 1 heterocycles. The fourth-order valence-corrected chi connectivity index (χ4v) is 5.47. The van der Waals surface area contributed by atoms with Gasteiger partial charge >= 0.3 is 0 Å². The molecule has 4 rings (SSSR count). The van der Waals surface area contributed by atoms with Crippen LogP contribution in [0, 0.1) is 11.3 Å². The lowest BCUT2D eigenvalue weighted by atomic mass is 10.1. The molecule has 0 bridgehead atoms. The normalized spacial score (nSPS) is 11.7. The smallest absolute Gasteiger partial charge is 0.241 e. The highest BCUT2D eigenvalue weighted by molar-refractivity contribution is 7.90. The van der Waals surface area contributed by atoms with Crippen molar-refractivity contribution in [1.29, 1.82) is 5.26 Å². The van der Waals surface area contributed by atoms with Crippen molar-refractivity contribution in [1.82, 2.24) is 3.97 Å². The summed E-state index contributed by atoms with van der Waals surface area (Å²) in [4.78, 5) is 0.268. The monoisotopic (exact) mass is 422 g/mol. The standard InChI is InChI=1S/C23H19ClN2O2S/c24-13-4-3-7-19-16-26(22-12-11-17(15-25)14-21(19)22)29(27,28)23-10-5-8-18-6-1-2-9-20(18)23/h1-2,5-6,8-12,14,16H,3-4,7,13H2. The molecule has 4 aromatic rings. The Balaban J connectivity index is 1.93. The minimum absolute atomic E-state index is 0.268. The molecule has 146 valence electrons. The number of fused-ring (bicyclic) bond motifs is 2. The molecule has 0 atom stereocenters. The third-order valence-corrected chi connectivity index (χ3v) is 7.10. The average molecular weight is 423 g/mol. The lowest BCUT2D eigenvalue weighted by molar-refractivity contribution is 0.590. The summed E-state index contributed by atoms with van der Waals surface area (Å²) in [5.74, 6) is 0.566. The van der Waals surface area contributed by atoms with Crippen molar-refractivity contribution in [3.8, 4) is 6.07 Å². The molecule has 0 fully saturated rings. The van der Waals surface area contributed by atoms with Crippen LogP contribution in [0.25, 0.3) is 21.7 Å². The molecule has 0 N–H and O–H groups in total. The van der Waals surface area contributed by atoms with Gasteiger partial charge in [-0.3, -0.25) is 0 Å². The third-order valence-electron chi connectivity index (χ3n) is 5.10. The van der Waals surface area contributed by atoms with Crippen molar-refractivity contribution in [2.24, 2.45) is 0 Å². The van der Waals surface area contributed by atoms with Crippen molar-refractivity contribution in [2.75, 3.05) is 5.88 Å². The summed E-state index contributed by atoms with van der Waals surface area (Å²) >= 11 is 5.80. The number of halogens is 1. The molecular formula is C23H19ClN2O2S. The number of benzene rings is 3. The average Bonchev–Trinajstić information content (AvgIpc) is 3.12. The summed E-state index contributed by atoms with van der Waals surface area (Å²) in [6.07, 6.45) is 4.10. The van der Waals surface area contributed by atoms with E-state index in [1.807, 2.05) is 30.3 Å². The molecule has 0 saturated carbocycles. The summed E-state index contributed by atoms with van der Waals surface area (Å²) in [6.45, 7) is 0. The fraction of sp³-hybridized carbons (Fsp3) is 0.174. The molecule has 0 unspecified atom stereocenters. The van der Waals surface area contributed by atoms with Gasteiger partial charge in [0, 0.05) is 22.8 Å². The first-order chi connectivity index (χ1) is 14.1. The lowest BCUT2D eigenvalue weighted by Gasteiger charge is -2.10. The third kappa shape index (κ3) is 3.50. The molecule has 6 heteroatoms. The molecule has 4 nitrogen and oxygen atoms in total. The topological polar surface area (TPSA) is 62.9 Å². The number of nitriles is 1. The Labute approximate surface area is 175 Å². The number of unbranched alkanes of at least 4 members (excludes halogenated alkanes) is 1. The van der Waals surface area contributed by atoms with Gasteiger partial charge in [0.25, 0.3) is 10.0 Å². The van der Waals surface area contributed by atoms with Crippen LogP contribution in [0.1, 0.15) is 24.0 Å². The van der Waals surface area contributed by atoms with Gasteiger partial charge in [0.1, 0.15) is 0 Å². The van der Waals surface area contributed by atoms with E-state index in [0.29, 0.717) is 28.8 Å². The van der Waals surface area contributed by atoms with Gasteiger partial charge in [-0.25, -0.2) is 12.4 Å². The van der Waals surface area contributed by atoms with E-state index in [4.69, 9.17) is 11.6 Å². The van der Waals surface area contributed by atoms with Crippen molar-refractivity contribution >= 4 is 43.3 Å². The van der Waals surface area contributed by atoms with Crippen LogP contribution in [0.3, 0.4) is 0 Å². The number of hydrogen-bond acceptors (Lipinski definition) is 3. The molecule has 29 heavy (non-hydrogen) atoms. The van der Waals surface area contributed by atoms with E-state index in [9.17, 15) is 13.7 Å². The molecule has 0 amide bonds.